The van der Waals surface area contributed by atoms with Crippen LogP contribution in [-0.2, 0) is 0 Å². The summed E-state index contributed by atoms with van der Waals surface area (Å²) in [5, 5.41) is 0. The normalized spacial score (nSPS) is 27.0. The molecule has 2 aliphatic carbocycles. The van der Waals surface area contributed by atoms with Crippen LogP contribution in [0.25, 0.3) is 0 Å². The van der Waals surface area contributed by atoms with E-state index in [4.69, 9.17) is 0 Å². The second-order valence-corrected chi connectivity index (χ2v) is 5.41. The second kappa shape index (κ2) is 5.16. The molecule has 0 aromatic carbocycles. The van der Waals surface area contributed by atoms with Gasteiger partial charge in [-0.15, -0.1) is 0 Å². The molecule has 0 amide bonds. The zero-order valence-corrected chi connectivity index (χ0v) is 9.73. The fourth-order valence-electron chi connectivity index (χ4n) is 3.45. The van der Waals surface area contributed by atoms with Gasteiger partial charge in [-0.05, 0) is 51.4 Å². The van der Waals surface area contributed by atoms with Gasteiger partial charge in [0.1, 0.15) is 0 Å². The zero-order valence-electron chi connectivity index (χ0n) is 9.73. The van der Waals surface area contributed by atoms with E-state index in [0.717, 1.165) is 12.1 Å². The Morgan fingerprint density at radius 3 is 1.36 bits per heavy atom. The Morgan fingerprint density at radius 1 is 0.643 bits per heavy atom. The van der Waals surface area contributed by atoms with Gasteiger partial charge < -0.3 is 4.90 Å². The molecule has 2 fully saturated rings. The average Bonchev–Trinajstić information content (AvgIpc) is 2.30. The van der Waals surface area contributed by atoms with Crippen molar-refractivity contribution in [2.24, 2.45) is 0 Å². The van der Waals surface area contributed by atoms with Gasteiger partial charge in [0, 0.05) is 0 Å². The highest BCUT2D eigenvalue weighted by molar-refractivity contribution is 4.68. The highest BCUT2D eigenvalue weighted by Crippen LogP contribution is 2.19. The van der Waals surface area contributed by atoms with Crippen molar-refractivity contribution in [3.63, 3.8) is 0 Å². The molecule has 82 valence electrons. The summed E-state index contributed by atoms with van der Waals surface area (Å²) >= 11 is 0. The van der Waals surface area contributed by atoms with E-state index in [1.165, 1.54) is 64.2 Å². The molecular formula is C13H26N+. The van der Waals surface area contributed by atoms with Crippen LogP contribution in [0.2, 0.25) is 0 Å². The third kappa shape index (κ3) is 2.50. The Morgan fingerprint density at radius 2 is 1.00 bits per heavy atom. The number of nitrogens with one attached hydrogen (secondary N) is 1. The van der Waals surface area contributed by atoms with E-state index in [9.17, 15) is 0 Å². The standard InChI is InChI=1S/C13H25N/c1-14(12-8-4-2-5-9-12)13-10-6-3-7-11-13/h12-13H,2-11H2,1H3/p+1. The summed E-state index contributed by atoms with van der Waals surface area (Å²) in [6.45, 7) is 0. The molecular weight excluding hydrogens is 170 g/mol. The summed E-state index contributed by atoms with van der Waals surface area (Å²) in [5.74, 6) is 0. The van der Waals surface area contributed by atoms with Gasteiger partial charge in [0.25, 0.3) is 0 Å². The van der Waals surface area contributed by atoms with Gasteiger partial charge in [-0.3, -0.25) is 0 Å². The smallest absolute Gasteiger partial charge is 0.0874 e. The lowest BCUT2D eigenvalue weighted by Gasteiger charge is -2.36. The fourth-order valence-corrected chi connectivity index (χ4v) is 3.45. The van der Waals surface area contributed by atoms with Crippen molar-refractivity contribution in [2.75, 3.05) is 7.05 Å². The van der Waals surface area contributed by atoms with Crippen LogP contribution >= 0.6 is 0 Å². The van der Waals surface area contributed by atoms with Crippen LogP contribution in [0.1, 0.15) is 64.2 Å². The van der Waals surface area contributed by atoms with Crippen LogP contribution in [0.5, 0.6) is 0 Å². The van der Waals surface area contributed by atoms with E-state index < -0.39 is 0 Å². The minimum absolute atomic E-state index is 1.01. The summed E-state index contributed by atoms with van der Waals surface area (Å²) in [6, 6.07) is 2.01. The average molecular weight is 196 g/mol. The van der Waals surface area contributed by atoms with Crippen LogP contribution in [0.3, 0.4) is 0 Å². The Hall–Kier alpha value is -0.0400. The topological polar surface area (TPSA) is 4.44 Å². The molecule has 1 N–H and O–H groups in total. The third-order valence-corrected chi connectivity index (χ3v) is 4.50. The molecule has 0 unspecified atom stereocenters. The second-order valence-electron chi connectivity index (χ2n) is 5.41. The zero-order chi connectivity index (χ0) is 9.80. The van der Waals surface area contributed by atoms with Gasteiger partial charge in [-0.1, -0.05) is 12.8 Å². The molecule has 0 aromatic heterocycles. The van der Waals surface area contributed by atoms with Crippen molar-refractivity contribution in [1.82, 2.24) is 0 Å². The Bertz CT molecular complexity index is 137. The van der Waals surface area contributed by atoms with Gasteiger partial charge in [0.05, 0.1) is 19.1 Å². The number of rotatable bonds is 2. The predicted molar refractivity (Wildman–Crippen MR) is 60.6 cm³/mol. The number of hydrogen-bond acceptors (Lipinski definition) is 0. The van der Waals surface area contributed by atoms with Gasteiger partial charge >= 0.3 is 0 Å². The summed E-state index contributed by atoms with van der Waals surface area (Å²) < 4.78 is 0. The monoisotopic (exact) mass is 196 g/mol. The molecule has 1 nitrogen and oxygen atoms in total. The lowest BCUT2D eigenvalue weighted by Crippen LogP contribution is -3.16. The van der Waals surface area contributed by atoms with Crippen molar-refractivity contribution in [3.05, 3.63) is 0 Å². The first-order valence-corrected chi connectivity index (χ1v) is 6.71. The molecule has 14 heavy (non-hydrogen) atoms. The van der Waals surface area contributed by atoms with Crippen molar-refractivity contribution >= 4 is 0 Å². The number of quaternary nitrogens is 1. The molecule has 2 rings (SSSR count). The van der Waals surface area contributed by atoms with Gasteiger partial charge in [-0.2, -0.15) is 0 Å². The van der Waals surface area contributed by atoms with E-state index >= 15 is 0 Å². The van der Waals surface area contributed by atoms with Crippen molar-refractivity contribution in [3.8, 4) is 0 Å². The Labute approximate surface area is 88.9 Å². The van der Waals surface area contributed by atoms with Crippen molar-refractivity contribution in [1.29, 1.82) is 0 Å². The summed E-state index contributed by atoms with van der Waals surface area (Å²) in [6.07, 6.45) is 15.0. The molecule has 0 heterocycles. The summed E-state index contributed by atoms with van der Waals surface area (Å²) in [5.41, 5.74) is 0. The molecule has 0 bridgehead atoms. The molecule has 0 aliphatic heterocycles. The van der Waals surface area contributed by atoms with Crippen LogP contribution in [0.15, 0.2) is 0 Å². The highest BCUT2D eigenvalue weighted by Gasteiger charge is 2.28. The van der Waals surface area contributed by atoms with Crippen LogP contribution in [0.4, 0.5) is 0 Å². The summed E-state index contributed by atoms with van der Waals surface area (Å²) in [7, 11) is 2.46. The Kier molecular flexibility index (Phi) is 3.86. The van der Waals surface area contributed by atoms with Crippen LogP contribution < -0.4 is 4.90 Å². The number of hydrogen-bond donors (Lipinski definition) is 1. The predicted octanol–water partition coefficient (Wildman–Crippen LogP) is 2.17. The molecule has 0 aromatic rings. The van der Waals surface area contributed by atoms with Gasteiger partial charge in [-0.25, -0.2) is 0 Å². The maximum Gasteiger partial charge on any atom is 0.0874 e. The van der Waals surface area contributed by atoms with Gasteiger partial charge in [0.15, 0.2) is 0 Å². The first-order valence-electron chi connectivity index (χ1n) is 6.71. The third-order valence-electron chi connectivity index (χ3n) is 4.50. The molecule has 2 saturated carbocycles. The first kappa shape index (κ1) is 10.5. The quantitative estimate of drug-likeness (QED) is 0.690. The molecule has 2 aliphatic rings. The fraction of sp³-hybridized carbons (Fsp3) is 1.00. The first-order chi connectivity index (χ1) is 6.88. The molecule has 0 atom stereocenters. The van der Waals surface area contributed by atoms with E-state index in [0.29, 0.717) is 0 Å². The minimum Gasteiger partial charge on any atom is -0.333 e. The molecule has 0 spiro atoms. The van der Waals surface area contributed by atoms with E-state index in [1.807, 2.05) is 4.90 Å². The lowest BCUT2D eigenvalue weighted by molar-refractivity contribution is -0.933. The Balaban J connectivity index is 1.82. The lowest BCUT2D eigenvalue weighted by atomic mass is 9.89. The maximum absolute atomic E-state index is 2.46. The van der Waals surface area contributed by atoms with E-state index in [2.05, 4.69) is 7.05 Å². The molecule has 0 radical (unpaired) electrons. The largest absolute Gasteiger partial charge is 0.333 e. The van der Waals surface area contributed by atoms with Crippen LogP contribution in [-0.4, -0.2) is 19.1 Å². The van der Waals surface area contributed by atoms with Crippen LogP contribution in [0, 0.1) is 0 Å². The van der Waals surface area contributed by atoms with E-state index in [-0.39, 0.29) is 0 Å². The van der Waals surface area contributed by atoms with E-state index in [1.54, 1.807) is 0 Å². The maximum atomic E-state index is 2.46. The minimum atomic E-state index is 1.01. The van der Waals surface area contributed by atoms with Crippen molar-refractivity contribution < 1.29 is 4.90 Å². The summed E-state index contributed by atoms with van der Waals surface area (Å²) in [4.78, 5) is 1.88. The highest BCUT2D eigenvalue weighted by atomic mass is 15.2. The molecule has 0 saturated heterocycles. The van der Waals surface area contributed by atoms with Crippen molar-refractivity contribution in [2.45, 2.75) is 76.3 Å². The van der Waals surface area contributed by atoms with Gasteiger partial charge in [0.2, 0.25) is 0 Å². The SMILES string of the molecule is C[NH+](C1CCCCC1)C1CCCCC1. The molecule has 1 heteroatoms.